The Balaban J connectivity index is 2.10. The molecule has 1 aliphatic heterocycles. The SMILES string of the molecule is Cc1ccc(-c2c(C3CCCN3)nn(C)c2C)cc1. The zero-order valence-corrected chi connectivity index (χ0v) is 11.9. The van der Waals surface area contributed by atoms with Crippen molar-refractivity contribution in [1.29, 1.82) is 0 Å². The Hall–Kier alpha value is -1.61. The normalized spacial score (nSPS) is 19.0. The lowest BCUT2D eigenvalue weighted by molar-refractivity contribution is 0.605. The van der Waals surface area contributed by atoms with Gasteiger partial charge < -0.3 is 5.32 Å². The summed E-state index contributed by atoms with van der Waals surface area (Å²) >= 11 is 0. The van der Waals surface area contributed by atoms with Gasteiger partial charge in [0, 0.05) is 18.3 Å². The lowest BCUT2D eigenvalue weighted by Crippen LogP contribution is -2.14. The van der Waals surface area contributed by atoms with E-state index in [4.69, 9.17) is 5.10 Å². The van der Waals surface area contributed by atoms with E-state index in [9.17, 15) is 0 Å². The van der Waals surface area contributed by atoms with Gasteiger partial charge in [0.25, 0.3) is 0 Å². The minimum Gasteiger partial charge on any atom is -0.309 e. The largest absolute Gasteiger partial charge is 0.309 e. The van der Waals surface area contributed by atoms with Crippen LogP contribution in [0.15, 0.2) is 24.3 Å². The molecule has 1 aromatic carbocycles. The highest BCUT2D eigenvalue weighted by Gasteiger charge is 2.24. The number of nitrogens with zero attached hydrogens (tertiary/aromatic N) is 2. The molecule has 1 atom stereocenters. The summed E-state index contributed by atoms with van der Waals surface area (Å²) < 4.78 is 2.00. The second-order valence-electron chi connectivity index (χ2n) is 5.48. The molecule has 100 valence electrons. The Morgan fingerprint density at radius 3 is 2.58 bits per heavy atom. The van der Waals surface area contributed by atoms with Crippen molar-refractivity contribution < 1.29 is 0 Å². The van der Waals surface area contributed by atoms with Gasteiger partial charge in [0.1, 0.15) is 0 Å². The highest BCUT2D eigenvalue weighted by molar-refractivity contribution is 5.69. The number of aryl methyl sites for hydroxylation is 2. The Morgan fingerprint density at radius 1 is 1.21 bits per heavy atom. The quantitative estimate of drug-likeness (QED) is 0.893. The standard InChI is InChI=1S/C16H21N3/c1-11-6-8-13(9-7-11)15-12(2)19(3)18-16(15)14-5-4-10-17-14/h6-9,14,17H,4-5,10H2,1-3H3. The maximum absolute atomic E-state index is 4.75. The molecule has 1 N–H and O–H groups in total. The van der Waals surface area contributed by atoms with Gasteiger partial charge in [0.15, 0.2) is 0 Å². The predicted molar refractivity (Wildman–Crippen MR) is 78.1 cm³/mol. The number of aromatic nitrogens is 2. The molecule has 1 saturated heterocycles. The molecule has 0 aliphatic carbocycles. The molecule has 2 heterocycles. The molecule has 3 rings (SSSR count). The molecule has 19 heavy (non-hydrogen) atoms. The Morgan fingerprint density at radius 2 is 1.95 bits per heavy atom. The first-order chi connectivity index (χ1) is 9.16. The van der Waals surface area contributed by atoms with Crippen molar-refractivity contribution in [1.82, 2.24) is 15.1 Å². The zero-order chi connectivity index (χ0) is 13.4. The first-order valence-corrected chi connectivity index (χ1v) is 7.00. The molecule has 1 aromatic heterocycles. The lowest BCUT2D eigenvalue weighted by Gasteiger charge is -2.10. The second kappa shape index (κ2) is 4.82. The van der Waals surface area contributed by atoms with E-state index in [1.807, 2.05) is 11.7 Å². The minimum absolute atomic E-state index is 0.413. The molecule has 0 radical (unpaired) electrons. The van der Waals surface area contributed by atoms with E-state index in [2.05, 4.69) is 43.4 Å². The number of rotatable bonds is 2. The van der Waals surface area contributed by atoms with Crippen molar-refractivity contribution in [2.45, 2.75) is 32.7 Å². The number of nitrogens with one attached hydrogen (secondary N) is 1. The van der Waals surface area contributed by atoms with Crippen LogP contribution >= 0.6 is 0 Å². The average Bonchev–Trinajstić information content (AvgIpc) is 3.01. The first kappa shape index (κ1) is 12.4. The van der Waals surface area contributed by atoms with Gasteiger partial charge in [-0.1, -0.05) is 29.8 Å². The summed E-state index contributed by atoms with van der Waals surface area (Å²) in [6.45, 7) is 5.38. The average molecular weight is 255 g/mol. The van der Waals surface area contributed by atoms with Crippen molar-refractivity contribution in [3.8, 4) is 11.1 Å². The lowest BCUT2D eigenvalue weighted by atomic mass is 9.98. The van der Waals surface area contributed by atoms with Gasteiger partial charge in [0.2, 0.25) is 0 Å². The predicted octanol–water partition coefficient (Wildman–Crippen LogP) is 3.13. The Bertz CT molecular complexity index is 575. The number of benzene rings is 1. The molecule has 1 fully saturated rings. The first-order valence-electron chi connectivity index (χ1n) is 7.00. The highest BCUT2D eigenvalue weighted by atomic mass is 15.3. The number of hydrogen-bond donors (Lipinski definition) is 1. The van der Waals surface area contributed by atoms with E-state index in [0.29, 0.717) is 6.04 Å². The minimum atomic E-state index is 0.413. The topological polar surface area (TPSA) is 29.9 Å². The third-order valence-electron chi connectivity index (χ3n) is 4.09. The number of hydrogen-bond acceptors (Lipinski definition) is 2. The van der Waals surface area contributed by atoms with E-state index in [1.54, 1.807) is 0 Å². The van der Waals surface area contributed by atoms with Crippen molar-refractivity contribution >= 4 is 0 Å². The molecule has 0 spiro atoms. The molecule has 1 aliphatic rings. The third kappa shape index (κ3) is 2.19. The van der Waals surface area contributed by atoms with Gasteiger partial charge >= 0.3 is 0 Å². The van der Waals surface area contributed by atoms with Crippen molar-refractivity contribution in [2.75, 3.05) is 6.54 Å². The van der Waals surface area contributed by atoms with E-state index in [-0.39, 0.29) is 0 Å². The van der Waals surface area contributed by atoms with Crippen LogP contribution in [-0.4, -0.2) is 16.3 Å². The molecular weight excluding hydrogens is 234 g/mol. The zero-order valence-electron chi connectivity index (χ0n) is 11.9. The van der Waals surface area contributed by atoms with Gasteiger partial charge in [-0.15, -0.1) is 0 Å². The van der Waals surface area contributed by atoms with Crippen molar-refractivity contribution in [3.63, 3.8) is 0 Å². The summed E-state index contributed by atoms with van der Waals surface area (Å²) in [7, 11) is 2.03. The van der Waals surface area contributed by atoms with Crippen molar-refractivity contribution in [2.24, 2.45) is 7.05 Å². The van der Waals surface area contributed by atoms with E-state index < -0.39 is 0 Å². The molecular formula is C16H21N3. The van der Waals surface area contributed by atoms with Crippen LogP contribution in [0.3, 0.4) is 0 Å². The van der Waals surface area contributed by atoms with E-state index >= 15 is 0 Å². The molecule has 1 unspecified atom stereocenters. The van der Waals surface area contributed by atoms with Gasteiger partial charge in [-0.2, -0.15) is 5.10 Å². The van der Waals surface area contributed by atoms with Gasteiger partial charge in [-0.3, -0.25) is 4.68 Å². The molecule has 3 nitrogen and oxygen atoms in total. The van der Waals surface area contributed by atoms with Crippen LogP contribution in [0.4, 0.5) is 0 Å². The highest BCUT2D eigenvalue weighted by Crippen LogP contribution is 2.34. The van der Waals surface area contributed by atoms with Gasteiger partial charge in [0.05, 0.1) is 11.7 Å². The van der Waals surface area contributed by atoms with Gasteiger partial charge in [-0.25, -0.2) is 0 Å². The monoisotopic (exact) mass is 255 g/mol. The van der Waals surface area contributed by atoms with Gasteiger partial charge in [-0.05, 0) is 38.8 Å². The summed E-state index contributed by atoms with van der Waals surface area (Å²) in [5.41, 5.74) is 6.33. The fourth-order valence-corrected chi connectivity index (χ4v) is 2.87. The summed E-state index contributed by atoms with van der Waals surface area (Å²) in [6.07, 6.45) is 2.43. The van der Waals surface area contributed by atoms with Crippen LogP contribution in [0.5, 0.6) is 0 Å². The summed E-state index contributed by atoms with van der Waals surface area (Å²) in [6, 6.07) is 9.17. The summed E-state index contributed by atoms with van der Waals surface area (Å²) in [5.74, 6) is 0. The Labute approximate surface area is 114 Å². The molecule has 3 heteroatoms. The molecule has 0 amide bonds. The van der Waals surface area contributed by atoms with Crippen LogP contribution in [0.25, 0.3) is 11.1 Å². The van der Waals surface area contributed by atoms with E-state index in [0.717, 1.165) is 6.54 Å². The summed E-state index contributed by atoms with van der Waals surface area (Å²) in [4.78, 5) is 0. The van der Waals surface area contributed by atoms with Crippen LogP contribution in [0.2, 0.25) is 0 Å². The maximum Gasteiger partial charge on any atom is 0.0874 e. The van der Waals surface area contributed by atoms with Crippen LogP contribution in [0, 0.1) is 13.8 Å². The Kier molecular flexibility index (Phi) is 3.15. The van der Waals surface area contributed by atoms with Crippen LogP contribution < -0.4 is 5.32 Å². The second-order valence-corrected chi connectivity index (χ2v) is 5.48. The smallest absolute Gasteiger partial charge is 0.0874 e. The fourth-order valence-electron chi connectivity index (χ4n) is 2.87. The molecule has 0 bridgehead atoms. The molecule has 0 saturated carbocycles. The molecule has 2 aromatic rings. The maximum atomic E-state index is 4.75. The third-order valence-corrected chi connectivity index (χ3v) is 4.09. The van der Waals surface area contributed by atoms with E-state index in [1.165, 1.54) is 40.9 Å². The van der Waals surface area contributed by atoms with Crippen molar-refractivity contribution in [3.05, 3.63) is 41.2 Å². The fraction of sp³-hybridized carbons (Fsp3) is 0.438. The van der Waals surface area contributed by atoms with Crippen LogP contribution in [0.1, 0.15) is 35.8 Å². The summed E-state index contributed by atoms with van der Waals surface area (Å²) in [5, 5.41) is 8.30. The van der Waals surface area contributed by atoms with Crippen LogP contribution in [-0.2, 0) is 7.05 Å².